The van der Waals surface area contributed by atoms with Gasteiger partial charge in [-0.15, -0.1) is 0 Å². The summed E-state index contributed by atoms with van der Waals surface area (Å²) in [6, 6.07) is 13.9. The molecular weight excluding hydrogens is 220 g/mol. The highest BCUT2D eigenvalue weighted by molar-refractivity contribution is 6.35. The summed E-state index contributed by atoms with van der Waals surface area (Å²) in [4.78, 5) is 4.36. The maximum absolute atomic E-state index is 6.10. The number of hydrogen-bond donors (Lipinski definition) is 0. The number of halogens is 1. The van der Waals surface area contributed by atoms with E-state index in [-0.39, 0.29) is 0 Å². The maximum atomic E-state index is 6.10. The van der Waals surface area contributed by atoms with Crippen LogP contribution >= 0.6 is 11.6 Å². The van der Waals surface area contributed by atoms with Gasteiger partial charge in [0.05, 0.1) is 5.02 Å². The summed E-state index contributed by atoms with van der Waals surface area (Å²) in [5, 5.41) is 1.72. The minimum atomic E-state index is 0.736. The normalized spacial score (nSPS) is 10.8. The molecule has 0 unspecified atom stereocenters. The topological polar surface area (TPSA) is 17.8 Å². The van der Waals surface area contributed by atoms with E-state index in [1.165, 1.54) is 0 Å². The van der Waals surface area contributed by atoms with Crippen molar-refractivity contribution in [1.29, 1.82) is 0 Å². The van der Waals surface area contributed by atoms with E-state index in [1.54, 1.807) is 12.3 Å². The summed E-state index contributed by atoms with van der Waals surface area (Å²) in [5.41, 5.74) is 1.98. The summed E-state index contributed by atoms with van der Waals surface area (Å²) in [7, 11) is 0. The number of para-hydroxylation sites is 1. The van der Waals surface area contributed by atoms with Crippen molar-refractivity contribution < 1.29 is 0 Å². The third-order valence-electron chi connectivity index (χ3n) is 2.57. The molecule has 0 radical (unpaired) electrons. The van der Waals surface area contributed by atoms with Crippen LogP contribution in [0.5, 0.6) is 0 Å². The first-order valence-corrected chi connectivity index (χ1v) is 5.41. The lowest BCUT2D eigenvalue weighted by atomic mass is 10.3. The number of fused-ring (bicyclic) bond motifs is 1. The van der Waals surface area contributed by atoms with Gasteiger partial charge in [-0.25, -0.2) is 4.98 Å². The second-order valence-electron chi connectivity index (χ2n) is 3.55. The Balaban J connectivity index is 2.30. The van der Waals surface area contributed by atoms with Crippen molar-refractivity contribution in [2.24, 2.45) is 0 Å². The van der Waals surface area contributed by atoms with Gasteiger partial charge in [-0.2, -0.15) is 0 Å². The molecule has 2 nitrogen and oxygen atoms in total. The zero-order valence-corrected chi connectivity index (χ0v) is 9.22. The Bertz CT molecular complexity index is 629. The van der Waals surface area contributed by atoms with Gasteiger partial charge >= 0.3 is 0 Å². The molecule has 0 saturated carbocycles. The molecule has 0 amide bonds. The van der Waals surface area contributed by atoms with Gasteiger partial charge in [0.1, 0.15) is 5.65 Å². The molecule has 3 aromatic rings. The smallest absolute Gasteiger partial charge is 0.145 e. The second-order valence-corrected chi connectivity index (χ2v) is 3.96. The first kappa shape index (κ1) is 9.43. The minimum Gasteiger partial charge on any atom is -0.301 e. The van der Waals surface area contributed by atoms with E-state index in [2.05, 4.69) is 4.98 Å². The highest BCUT2D eigenvalue weighted by Crippen LogP contribution is 2.24. The van der Waals surface area contributed by atoms with Crippen LogP contribution in [0.1, 0.15) is 0 Å². The summed E-state index contributed by atoms with van der Waals surface area (Å²) in [6.07, 6.45) is 3.71. The van der Waals surface area contributed by atoms with E-state index < -0.39 is 0 Å². The Morgan fingerprint density at radius 1 is 1.00 bits per heavy atom. The molecule has 2 aromatic heterocycles. The van der Waals surface area contributed by atoms with E-state index in [4.69, 9.17) is 11.6 Å². The summed E-state index contributed by atoms with van der Waals surface area (Å²) in [5.74, 6) is 0. The molecular formula is C13H9ClN2. The van der Waals surface area contributed by atoms with Gasteiger partial charge in [0, 0.05) is 23.5 Å². The van der Waals surface area contributed by atoms with Crippen LogP contribution in [0.3, 0.4) is 0 Å². The van der Waals surface area contributed by atoms with Crippen molar-refractivity contribution in [3.8, 4) is 5.69 Å². The van der Waals surface area contributed by atoms with Crippen LogP contribution in [0.2, 0.25) is 5.02 Å². The van der Waals surface area contributed by atoms with Crippen LogP contribution in [0.25, 0.3) is 16.7 Å². The number of pyridine rings is 1. The molecule has 16 heavy (non-hydrogen) atoms. The standard InChI is InChI=1S/C13H9ClN2/c14-12-6-8-15-13-11(12)7-9-16(13)10-4-2-1-3-5-10/h1-9H. The van der Waals surface area contributed by atoms with E-state index >= 15 is 0 Å². The molecule has 0 atom stereocenters. The van der Waals surface area contributed by atoms with E-state index in [0.717, 1.165) is 21.7 Å². The number of benzene rings is 1. The molecule has 0 aliphatic rings. The Kier molecular flexibility index (Phi) is 2.15. The van der Waals surface area contributed by atoms with Crippen molar-refractivity contribution in [2.45, 2.75) is 0 Å². The lowest BCUT2D eigenvalue weighted by molar-refractivity contribution is 1.09. The zero-order chi connectivity index (χ0) is 11.0. The predicted molar refractivity (Wildman–Crippen MR) is 66.1 cm³/mol. The number of nitrogens with zero attached hydrogens (tertiary/aromatic N) is 2. The Morgan fingerprint density at radius 3 is 2.62 bits per heavy atom. The monoisotopic (exact) mass is 228 g/mol. The Morgan fingerprint density at radius 2 is 1.81 bits per heavy atom. The fraction of sp³-hybridized carbons (Fsp3) is 0. The Hall–Kier alpha value is -1.80. The highest BCUT2D eigenvalue weighted by atomic mass is 35.5. The zero-order valence-electron chi connectivity index (χ0n) is 8.47. The van der Waals surface area contributed by atoms with Gasteiger partial charge in [0.15, 0.2) is 0 Å². The van der Waals surface area contributed by atoms with Gasteiger partial charge in [0.25, 0.3) is 0 Å². The molecule has 2 heterocycles. The highest BCUT2D eigenvalue weighted by Gasteiger charge is 2.05. The molecule has 1 aromatic carbocycles. The van der Waals surface area contributed by atoms with Gasteiger partial charge < -0.3 is 4.57 Å². The molecule has 0 saturated heterocycles. The molecule has 0 N–H and O–H groups in total. The average molecular weight is 229 g/mol. The van der Waals surface area contributed by atoms with Crippen molar-refractivity contribution in [2.75, 3.05) is 0 Å². The van der Waals surface area contributed by atoms with Crippen molar-refractivity contribution in [3.05, 3.63) is 59.9 Å². The van der Waals surface area contributed by atoms with Gasteiger partial charge in [-0.3, -0.25) is 0 Å². The molecule has 0 bridgehead atoms. The van der Waals surface area contributed by atoms with Crippen LogP contribution in [0.4, 0.5) is 0 Å². The van der Waals surface area contributed by atoms with Gasteiger partial charge in [-0.1, -0.05) is 29.8 Å². The number of aromatic nitrogens is 2. The summed E-state index contributed by atoms with van der Waals surface area (Å²) < 4.78 is 2.03. The lowest BCUT2D eigenvalue weighted by Crippen LogP contribution is -1.92. The number of rotatable bonds is 1. The quantitative estimate of drug-likeness (QED) is 0.621. The van der Waals surface area contributed by atoms with E-state index in [1.807, 2.05) is 47.2 Å². The summed E-state index contributed by atoms with van der Waals surface area (Å²) in [6.45, 7) is 0. The van der Waals surface area contributed by atoms with E-state index in [0.29, 0.717) is 0 Å². The second kappa shape index (κ2) is 3.65. The first-order chi connectivity index (χ1) is 7.86. The van der Waals surface area contributed by atoms with Crippen LogP contribution in [-0.4, -0.2) is 9.55 Å². The van der Waals surface area contributed by atoms with Crippen LogP contribution in [0.15, 0.2) is 54.9 Å². The average Bonchev–Trinajstić information content (AvgIpc) is 2.75. The molecule has 0 aliphatic heterocycles. The molecule has 0 aliphatic carbocycles. The van der Waals surface area contributed by atoms with Crippen molar-refractivity contribution in [3.63, 3.8) is 0 Å². The largest absolute Gasteiger partial charge is 0.301 e. The summed E-state index contributed by atoms with van der Waals surface area (Å²) >= 11 is 6.10. The van der Waals surface area contributed by atoms with E-state index in [9.17, 15) is 0 Å². The minimum absolute atomic E-state index is 0.736. The third kappa shape index (κ3) is 1.39. The maximum Gasteiger partial charge on any atom is 0.145 e. The fourth-order valence-electron chi connectivity index (χ4n) is 1.80. The molecule has 3 rings (SSSR count). The van der Waals surface area contributed by atoms with Crippen molar-refractivity contribution >= 4 is 22.6 Å². The molecule has 3 heteroatoms. The SMILES string of the molecule is Clc1ccnc2c1ccn2-c1ccccc1. The lowest BCUT2D eigenvalue weighted by Gasteiger charge is -2.03. The third-order valence-corrected chi connectivity index (χ3v) is 2.90. The fourth-order valence-corrected chi connectivity index (χ4v) is 2.01. The Labute approximate surface area is 98.1 Å². The number of hydrogen-bond acceptors (Lipinski definition) is 1. The molecule has 0 spiro atoms. The molecule has 78 valence electrons. The van der Waals surface area contributed by atoms with Crippen LogP contribution in [0, 0.1) is 0 Å². The van der Waals surface area contributed by atoms with Gasteiger partial charge in [-0.05, 0) is 24.3 Å². The predicted octanol–water partition coefficient (Wildman–Crippen LogP) is 3.68. The van der Waals surface area contributed by atoms with Crippen LogP contribution in [-0.2, 0) is 0 Å². The van der Waals surface area contributed by atoms with Crippen molar-refractivity contribution in [1.82, 2.24) is 9.55 Å². The molecule has 0 fully saturated rings. The van der Waals surface area contributed by atoms with Gasteiger partial charge in [0.2, 0.25) is 0 Å². The first-order valence-electron chi connectivity index (χ1n) is 5.03. The van der Waals surface area contributed by atoms with Crippen LogP contribution < -0.4 is 0 Å².